The van der Waals surface area contributed by atoms with Crippen molar-refractivity contribution in [3.05, 3.63) is 82.6 Å². The lowest BCUT2D eigenvalue weighted by Gasteiger charge is -2.25. The Morgan fingerprint density at radius 1 is 0.855 bits per heavy atom. The average Bonchev–Trinajstić information content (AvgIpc) is 3.92. The third-order valence-electron chi connectivity index (χ3n) is 8.27. The molecule has 1 fully saturated rings. The van der Waals surface area contributed by atoms with E-state index in [1.807, 2.05) is 12.1 Å². The Labute approximate surface area is 317 Å². The highest BCUT2D eigenvalue weighted by molar-refractivity contribution is 6.39. The van der Waals surface area contributed by atoms with Gasteiger partial charge in [0.1, 0.15) is 17.3 Å². The highest BCUT2D eigenvalue weighted by Gasteiger charge is 2.45. The van der Waals surface area contributed by atoms with Crippen LogP contribution in [0.3, 0.4) is 0 Å². The summed E-state index contributed by atoms with van der Waals surface area (Å²) in [4.78, 5) is 50.2. The Bertz CT molecular complexity index is 2050. The van der Waals surface area contributed by atoms with Crippen LogP contribution in [0.25, 0.3) is 0 Å². The fourth-order valence-corrected chi connectivity index (χ4v) is 5.26. The van der Waals surface area contributed by atoms with Gasteiger partial charge in [-0.25, -0.2) is 4.39 Å². The molecule has 4 aromatic rings. The fraction of sp³-hybridized carbons (Fsp3) is 0.333. The predicted octanol–water partition coefficient (Wildman–Crippen LogP) is 5.98. The van der Waals surface area contributed by atoms with Gasteiger partial charge in [0.05, 0.1) is 31.0 Å². The minimum absolute atomic E-state index is 0.0156. The van der Waals surface area contributed by atoms with Crippen LogP contribution < -0.4 is 40.8 Å². The number of hydrogen-bond donors (Lipinski definition) is 5. The molecule has 1 heterocycles. The summed E-state index contributed by atoms with van der Waals surface area (Å²) in [5.41, 5.74) is -0.491. The molecular weight excluding hydrogens is 752 g/mol. The Balaban J connectivity index is 1.19. The predicted molar refractivity (Wildman–Crippen MR) is 194 cm³/mol. The zero-order chi connectivity index (χ0) is 40.0. The molecule has 0 aliphatic heterocycles. The first kappa shape index (κ1) is 40.3. The lowest BCUT2D eigenvalue weighted by Crippen LogP contribution is -2.45. The molecule has 19 heteroatoms. The monoisotopic (exact) mass is 788 g/mol. The number of amides is 3. The first-order valence-corrected chi connectivity index (χ1v) is 17.0. The number of halogens is 5. The van der Waals surface area contributed by atoms with Crippen LogP contribution in [0.1, 0.15) is 42.6 Å². The molecule has 5 N–H and O–H groups in total. The fourth-order valence-electron chi connectivity index (χ4n) is 5.14. The highest BCUT2D eigenvalue weighted by Crippen LogP contribution is 2.48. The second kappa shape index (κ2) is 16.6. The number of nitrogens with one attached hydrogen (secondary N) is 5. The van der Waals surface area contributed by atoms with E-state index in [1.165, 1.54) is 32.4 Å². The van der Waals surface area contributed by atoms with Crippen molar-refractivity contribution < 1.29 is 46.2 Å². The topological polar surface area (TPSA) is 178 Å². The second-order valence-corrected chi connectivity index (χ2v) is 13.7. The Morgan fingerprint density at radius 2 is 1.55 bits per heavy atom. The van der Waals surface area contributed by atoms with Crippen molar-refractivity contribution in [2.24, 2.45) is 5.41 Å². The van der Waals surface area contributed by atoms with Crippen molar-refractivity contribution in [3.63, 3.8) is 0 Å². The number of aromatic nitrogens is 3. The molecule has 14 nitrogen and oxygen atoms in total. The van der Waals surface area contributed by atoms with Crippen molar-refractivity contribution >= 4 is 52.6 Å². The van der Waals surface area contributed by atoms with Gasteiger partial charge in [0.15, 0.2) is 6.61 Å². The number of hydrogen-bond acceptors (Lipinski definition) is 11. The Hall–Kier alpha value is -5.91. The van der Waals surface area contributed by atoms with Gasteiger partial charge in [-0.05, 0) is 66.3 Å². The molecule has 0 bridgehead atoms. The van der Waals surface area contributed by atoms with Gasteiger partial charge < -0.3 is 40.8 Å². The maximum atomic E-state index is 15.3. The van der Waals surface area contributed by atoms with Gasteiger partial charge in [0.25, 0.3) is 5.91 Å². The zero-order valence-corrected chi connectivity index (χ0v) is 30.7. The summed E-state index contributed by atoms with van der Waals surface area (Å²) in [6, 6.07) is 14.6. The van der Waals surface area contributed by atoms with Crippen molar-refractivity contribution in [3.8, 4) is 17.5 Å². The molecule has 1 aromatic heterocycles. The third kappa shape index (κ3) is 11.1. The van der Waals surface area contributed by atoms with Crippen molar-refractivity contribution in [1.82, 2.24) is 25.6 Å². The smallest absolute Gasteiger partial charge is 0.422 e. The van der Waals surface area contributed by atoms with E-state index in [9.17, 15) is 27.6 Å². The molecule has 55 heavy (non-hydrogen) atoms. The van der Waals surface area contributed by atoms with Crippen LogP contribution in [0.2, 0.25) is 5.02 Å². The van der Waals surface area contributed by atoms with Gasteiger partial charge in [-0.2, -0.15) is 28.1 Å². The summed E-state index contributed by atoms with van der Waals surface area (Å²) in [6.45, 7) is 1.73. The molecule has 1 aliphatic rings. The number of anilines is 4. The standard InChI is InChI=1S/C36H37ClF4N8O6/c1-34(2,18-43-29(51)30(52)45-26-12-10-23(53-3)16-27(26)54-4)17-42-28(50)24-11-9-22(15-25(24)38)44-31-46-32(48-33(47-31)55-19-36(39,40)41)49-35(13-14-35)20-5-7-21(37)8-6-20/h5-12,15-16H,13-14,17-19H2,1-4H3,(H,42,50)(H,43,51)(H,45,52)(H2,44,46,47,48,49). The highest BCUT2D eigenvalue weighted by atomic mass is 35.5. The Morgan fingerprint density at radius 3 is 2.18 bits per heavy atom. The van der Waals surface area contributed by atoms with Crippen LogP contribution >= 0.6 is 11.6 Å². The maximum Gasteiger partial charge on any atom is 0.422 e. The first-order chi connectivity index (χ1) is 26.0. The summed E-state index contributed by atoms with van der Waals surface area (Å²) < 4.78 is 69.2. The molecule has 0 unspecified atom stereocenters. The molecule has 1 saturated carbocycles. The minimum Gasteiger partial charge on any atom is -0.497 e. The van der Waals surface area contributed by atoms with Crippen LogP contribution in [0.15, 0.2) is 60.7 Å². The van der Waals surface area contributed by atoms with Gasteiger partial charge in [0, 0.05) is 29.9 Å². The zero-order valence-electron chi connectivity index (χ0n) is 30.0. The van der Waals surface area contributed by atoms with Crippen molar-refractivity contribution in [1.29, 1.82) is 0 Å². The molecule has 0 spiro atoms. The number of rotatable bonds is 15. The van der Waals surface area contributed by atoms with Crippen LogP contribution in [-0.4, -0.2) is 72.8 Å². The molecule has 3 aromatic carbocycles. The van der Waals surface area contributed by atoms with Crippen molar-refractivity contribution in [2.45, 2.75) is 38.4 Å². The SMILES string of the molecule is COc1ccc(NC(=O)C(=O)NCC(C)(C)CNC(=O)c2ccc(Nc3nc(NC4(c5ccc(Cl)cc5)CC4)nc(OCC(F)(F)F)n3)cc2F)c(OC)c1. The molecule has 0 atom stereocenters. The molecule has 0 saturated heterocycles. The molecular formula is C36H37ClF4N8O6. The average molecular weight is 789 g/mol. The third-order valence-corrected chi connectivity index (χ3v) is 8.52. The number of nitrogens with zero attached hydrogens (tertiary/aromatic N) is 3. The van der Waals surface area contributed by atoms with Crippen LogP contribution in [-0.2, 0) is 15.1 Å². The van der Waals surface area contributed by atoms with Gasteiger partial charge in [-0.1, -0.05) is 37.6 Å². The van der Waals surface area contributed by atoms with E-state index in [0.717, 1.165) is 11.6 Å². The van der Waals surface area contributed by atoms with Crippen molar-refractivity contribution in [2.75, 3.05) is 49.9 Å². The molecule has 0 radical (unpaired) electrons. The first-order valence-electron chi connectivity index (χ1n) is 16.6. The maximum absolute atomic E-state index is 15.3. The summed E-state index contributed by atoms with van der Waals surface area (Å²) in [7, 11) is 2.87. The van der Waals surface area contributed by atoms with E-state index in [1.54, 1.807) is 38.1 Å². The van der Waals surface area contributed by atoms with Gasteiger partial charge >= 0.3 is 24.0 Å². The van der Waals surface area contributed by atoms with Gasteiger partial charge in [-0.15, -0.1) is 0 Å². The number of ether oxygens (including phenoxy) is 3. The number of benzene rings is 3. The van der Waals surface area contributed by atoms with E-state index >= 15 is 4.39 Å². The molecule has 3 amide bonds. The second-order valence-electron chi connectivity index (χ2n) is 13.3. The van der Waals surface area contributed by atoms with Crippen LogP contribution in [0.4, 0.5) is 40.8 Å². The summed E-state index contributed by atoms with van der Waals surface area (Å²) >= 11 is 6.02. The van der Waals surface area contributed by atoms with E-state index in [-0.39, 0.29) is 47.7 Å². The summed E-state index contributed by atoms with van der Waals surface area (Å²) in [6.07, 6.45) is -3.30. The van der Waals surface area contributed by atoms with Gasteiger partial charge in [0.2, 0.25) is 11.9 Å². The quantitative estimate of drug-likeness (QED) is 0.0708. The Kier molecular flexibility index (Phi) is 12.2. The van der Waals surface area contributed by atoms with Crippen LogP contribution in [0, 0.1) is 11.2 Å². The molecule has 292 valence electrons. The summed E-state index contributed by atoms with van der Waals surface area (Å²) in [5, 5.41) is 14.0. The normalized spacial score (nSPS) is 13.3. The number of carbonyl (C=O) groups excluding carboxylic acids is 3. The number of alkyl halides is 3. The van der Waals surface area contributed by atoms with Crippen LogP contribution in [0.5, 0.6) is 17.5 Å². The van der Waals surface area contributed by atoms with E-state index < -0.39 is 53.3 Å². The molecule has 5 rings (SSSR count). The number of methoxy groups -OCH3 is 2. The van der Waals surface area contributed by atoms with E-state index in [0.29, 0.717) is 23.6 Å². The largest absolute Gasteiger partial charge is 0.497 e. The number of carbonyl (C=O) groups is 3. The van der Waals surface area contributed by atoms with Gasteiger partial charge in [-0.3, -0.25) is 14.4 Å². The van der Waals surface area contributed by atoms with E-state index in [2.05, 4.69) is 41.5 Å². The lowest BCUT2D eigenvalue weighted by molar-refractivity contribution is -0.154. The summed E-state index contributed by atoms with van der Waals surface area (Å²) in [5.74, 6) is -3.13. The lowest BCUT2D eigenvalue weighted by atomic mass is 9.93. The minimum atomic E-state index is -4.67. The van der Waals surface area contributed by atoms with E-state index in [4.69, 9.17) is 25.8 Å². The molecule has 1 aliphatic carbocycles.